The molecule has 3 rings (SSSR count). The number of esters is 1. The molecule has 1 aromatic heterocycles. The SMILES string of the molecule is CCOC(=O)c1nc2n(c1Cl)CCN(C(=O)C[C@@H](Cc1cc(F)c(F)cc1F)NC(=O)OC(C)(C)C)C2. The Hall–Kier alpha value is -3.28. The van der Waals surface area contributed by atoms with Crippen LogP contribution < -0.4 is 5.32 Å². The van der Waals surface area contributed by atoms with Gasteiger partial charge in [-0.3, -0.25) is 4.79 Å². The molecule has 0 bridgehead atoms. The number of alkyl carbamates (subject to hydrolysis) is 1. The molecule has 202 valence electrons. The molecule has 1 aromatic carbocycles. The van der Waals surface area contributed by atoms with Gasteiger partial charge in [0.1, 0.15) is 22.4 Å². The summed E-state index contributed by atoms with van der Waals surface area (Å²) in [5.41, 5.74) is -1.11. The number of hydrogen-bond acceptors (Lipinski definition) is 6. The molecular weight excluding hydrogens is 517 g/mol. The second kappa shape index (κ2) is 11.4. The highest BCUT2D eigenvalue weighted by Crippen LogP contribution is 2.24. The van der Waals surface area contributed by atoms with Crippen molar-refractivity contribution in [2.24, 2.45) is 0 Å². The first kappa shape index (κ1) is 28.3. The van der Waals surface area contributed by atoms with Gasteiger partial charge < -0.3 is 24.3 Å². The standard InChI is InChI=1S/C24H28ClF3N4O5/c1-5-36-22(34)20-21(25)32-7-6-31(12-18(32)30-20)19(33)10-14(29-23(35)37-24(2,3)4)8-13-9-16(27)17(28)11-15(13)26/h9,11,14H,5-8,10,12H2,1-4H3,(H,29,35)/t14-/m1/s1. The van der Waals surface area contributed by atoms with Crippen molar-refractivity contribution in [2.75, 3.05) is 13.2 Å². The highest BCUT2D eigenvalue weighted by atomic mass is 35.5. The number of nitrogens with zero attached hydrogens (tertiary/aromatic N) is 3. The highest BCUT2D eigenvalue weighted by molar-refractivity contribution is 6.32. The number of ether oxygens (including phenoxy) is 2. The molecular formula is C24H28ClF3N4O5. The van der Waals surface area contributed by atoms with Crippen molar-refractivity contribution in [3.05, 3.63) is 51.8 Å². The van der Waals surface area contributed by atoms with E-state index in [4.69, 9.17) is 21.1 Å². The molecule has 2 heterocycles. The molecule has 1 aliphatic rings. The van der Waals surface area contributed by atoms with Gasteiger partial charge in [-0.1, -0.05) is 11.6 Å². The summed E-state index contributed by atoms with van der Waals surface area (Å²) >= 11 is 6.27. The lowest BCUT2D eigenvalue weighted by atomic mass is 10.0. The summed E-state index contributed by atoms with van der Waals surface area (Å²) in [5.74, 6) is -4.34. The van der Waals surface area contributed by atoms with Crippen LogP contribution in [0.15, 0.2) is 12.1 Å². The summed E-state index contributed by atoms with van der Waals surface area (Å²) in [6.07, 6.45) is -1.44. The fourth-order valence-corrected chi connectivity index (χ4v) is 4.11. The van der Waals surface area contributed by atoms with Crippen LogP contribution in [0.1, 0.15) is 56.0 Å². The smallest absolute Gasteiger partial charge is 0.407 e. The summed E-state index contributed by atoms with van der Waals surface area (Å²) in [5, 5.41) is 2.63. The molecule has 0 spiro atoms. The van der Waals surface area contributed by atoms with E-state index in [1.165, 1.54) is 4.90 Å². The minimum absolute atomic E-state index is 0.0245. The predicted molar refractivity (Wildman–Crippen MR) is 126 cm³/mol. The Morgan fingerprint density at radius 3 is 2.46 bits per heavy atom. The number of amides is 2. The molecule has 2 amide bonds. The van der Waals surface area contributed by atoms with Crippen molar-refractivity contribution >= 4 is 29.6 Å². The first-order valence-corrected chi connectivity index (χ1v) is 12.0. The Labute approximate surface area is 216 Å². The van der Waals surface area contributed by atoms with Gasteiger partial charge in [-0.05, 0) is 45.7 Å². The zero-order valence-corrected chi connectivity index (χ0v) is 21.6. The van der Waals surface area contributed by atoms with Gasteiger partial charge in [0, 0.05) is 31.6 Å². The Morgan fingerprint density at radius 1 is 1.14 bits per heavy atom. The van der Waals surface area contributed by atoms with Crippen LogP contribution in [-0.4, -0.2) is 57.2 Å². The maximum Gasteiger partial charge on any atom is 0.407 e. The van der Waals surface area contributed by atoms with E-state index in [2.05, 4.69) is 10.3 Å². The summed E-state index contributed by atoms with van der Waals surface area (Å²) in [6.45, 7) is 7.24. The van der Waals surface area contributed by atoms with Crippen LogP contribution in [0.25, 0.3) is 0 Å². The van der Waals surface area contributed by atoms with Crippen molar-refractivity contribution < 1.29 is 37.0 Å². The van der Waals surface area contributed by atoms with Crippen molar-refractivity contribution in [3.8, 4) is 0 Å². The third-order valence-electron chi connectivity index (χ3n) is 5.43. The van der Waals surface area contributed by atoms with E-state index in [-0.39, 0.29) is 55.5 Å². The number of nitrogens with one attached hydrogen (secondary N) is 1. The molecule has 9 nitrogen and oxygen atoms in total. The van der Waals surface area contributed by atoms with Crippen LogP contribution in [0.2, 0.25) is 5.15 Å². The fraction of sp³-hybridized carbons (Fsp3) is 0.500. The zero-order valence-electron chi connectivity index (χ0n) is 20.9. The number of rotatable bonds is 7. The van der Waals surface area contributed by atoms with Gasteiger partial charge in [0.15, 0.2) is 17.3 Å². The number of hydrogen-bond donors (Lipinski definition) is 1. The van der Waals surface area contributed by atoms with Gasteiger partial charge in [-0.25, -0.2) is 27.7 Å². The average Bonchev–Trinajstić information content (AvgIpc) is 3.12. The van der Waals surface area contributed by atoms with E-state index in [0.29, 0.717) is 18.0 Å². The van der Waals surface area contributed by atoms with Gasteiger partial charge >= 0.3 is 12.1 Å². The van der Waals surface area contributed by atoms with E-state index < -0.39 is 47.1 Å². The van der Waals surface area contributed by atoms with Gasteiger partial charge in [0.2, 0.25) is 5.91 Å². The summed E-state index contributed by atoms with van der Waals surface area (Å²) in [4.78, 5) is 43.3. The van der Waals surface area contributed by atoms with E-state index in [0.717, 1.165) is 0 Å². The number of carbonyl (C=O) groups excluding carboxylic acids is 3. The Bertz CT molecular complexity index is 1200. The Morgan fingerprint density at radius 2 is 1.81 bits per heavy atom. The van der Waals surface area contributed by atoms with E-state index in [9.17, 15) is 27.6 Å². The monoisotopic (exact) mass is 544 g/mol. The maximum atomic E-state index is 14.3. The maximum absolute atomic E-state index is 14.3. The zero-order chi connectivity index (χ0) is 27.5. The molecule has 0 fully saturated rings. The lowest BCUT2D eigenvalue weighted by Crippen LogP contribution is -2.45. The average molecular weight is 545 g/mol. The van der Waals surface area contributed by atoms with Crippen molar-refractivity contribution in [1.29, 1.82) is 0 Å². The number of carbonyl (C=O) groups is 3. The summed E-state index contributed by atoms with van der Waals surface area (Å²) in [7, 11) is 0. The van der Waals surface area contributed by atoms with Gasteiger partial charge in [0.05, 0.1) is 13.2 Å². The molecule has 2 aromatic rings. The van der Waals surface area contributed by atoms with Crippen LogP contribution >= 0.6 is 11.6 Å². The van der Waals surface area contributed by atoms with E-state index in [1.807, 2.05) is 0 Å². The molecule has 37 heavy (non-hydrogen) atoms. The molecule has 0 unspecified atom stereocenters. The number of aromatic nitrogens is 2. The lowest BCUT2D eigenvalue weighted by molar-refractivity contribution is -0.133. The van der Waals surface area contributed by atoms with Crippen molar-refractivity contribution in [1.82, 2.24) is 19.8 Å². The number of halogens is 4. The molecule has 0 aliphatic carbocycles. The number of fused-ring (bicyclic) bond motifs is 1. The first-order valence-electron chi connectivity index (χ1n) is 11.6. The molecule has 0 radical (unpaired) electrons. The second-order valence-electron chi connectivity index (χ2n) is 9.46. The summed E-state index contributed by atoms with van der Waals surface area (Å²) < 4.78 is 53.2. The lowest BCUT2D eigenvalue weighted by Gasteiger charge is -2.30. The fourth-order valence-electron chi connectivity index (χ4n) is 3.81. The molecule has 1 N–H and O–H groups in total. The van der Waals surface area contributed by atoms with Gasteiger partial charge in [-0.2, -0.15) is 0 Å². The topological polar surface area (TPSA) is 103 Å². The third-order valence-corrected chi connectivity index (χ3v) is 5.81. The third kappa shape index (κ3) is 7.15. The number of benzene rings is 1. The van der Waals surface area contributed by atoms with Gasteiger partial charge in [0.25, 0.3) is 0 Å². The van der Waals surface area contributed by atoms with Crippen LogP contribution in [0.4, 0.5) is 18.0 Å². The normalized spacial score (nSPS) is 14.1. The first-order chi connectivity index (χ1) is 17.3. The molecule has 1 aliphatic heterocycles. The van der Waals surface area contributed by atoms with E-state index in [1.54, 1.807) is 32.3 Å². The van der Waals surface area contributed by atoms with Crippen LogP contribution in [0.5, 0.6) is 0 Å². The quantitative estimate of drug-likeness (QED) is 0.417. The largest absolute Gasteiger partial charge is 0.461 e. The van der Waals surface area contributed by atoms with Crippen LogP contribution in [0, 0.1) is 17.5 Å². The highest BCUT2D eigenvalue weighted by Gasteiger charge is 2.30. The van der Waals surface area contributed by atoms with Crippen LogP contribution in [0.3, 0.4) is 0 Å². The molecule has 1 atom stereocenters. The van der Waals surface area contributed by atoms with Crippen molar-refractivity contribution in [3.63, 3.8) is 0 Å². The molecule has 13 heteroatoms. The minimum atomic E-state index is -1.35. The van der Waals surface area contributed by atoms with E-state index >= 15 is 0 Å². The predicted octanol–water partition coefficient (Wildman–Crippen LogP) is 4.00. The Balaban J connectivity index is 1.77. The number of imidazole rings is 1. The van der Waals surface area contributed by atoms with Gasteiger partial charge in [-0.15, -0.1) is 0 Å². The minimum Gasteiger partial charge on any atom is -0.461 e. The molecule has 0 saturated carbocycles. The van der Waals surface area contributed by atoms with Crippen molar-refractivity contribution in [2.45, 2.75) is 65.3 Å². The Kier molecular flexibility index (Phi) is 8.72. The van der Waals surface area contributed by atoms with Crippen LogP contribution in [-0.2, 0) is 33.8 Å². The summed E-state index contributed by atoms with van der Waals surface area (Å²) in [6, 6.07) is 0.101. The second-order valence-corrected chi connectivity index (χ2v) is 9.82. The molecule has 0 saturated heterocycles.